The maximum atomic E-state index is 12.2. The van der Waals surface area contributed by atoms with Crippen molar-refractivity contribution in [3.8, 4) is 6.07 Å². The number of nitriles is 1. The Kier molecular flexibility index (Phi) is 5.70. The van der Waals surface area contributed by atoms with Gasteiger partial charge in [0.05, 0.1) is 6.07 Å². The Labute approximate surface area is 115 Å². The van der Waals surface area contributed by atoms with E-state index in [1.807, 2.05) is 18.7 Å². The first kappa shape index (κ1) is 15.9. The summed E-state index contributed by atoms with van der Waals surface area (Å²) in [5.74, 6) is 0. The molecule has 1 aromatic rings. The molecule has 0 fully saturated rings. The number of hydrogen-bond donors (Lipinski definition) is 0. The predicted molar refractivity (Wildman–Crippen MR) is 69.6 cm³/mol. The maximum absolute atomic E-state index is 12.2. The summed E-state index contributed by atoms with van der Waals surface area (Å²) in [5.41, 5.74) is -3.56. The topological polar surface area (TPSA) is 27.0 Å². The van der Waals surface area contributed by atoms with E-state index in [1.165, 1.54) is 12.1 Å². The Balaban J connectivity index is 2.88. The number of nitrogens with zero attached hydrogens (tertiary/aromatic N) is 2. The van der Waals surface area contributed by atoms with E-state index in [4.69, 9.17) is 0 Å². The fourth-order valence-corrected chi connectivity index (χ4v) is 2.35. The Morgan fingerprint density at radius 3 is 2.11 bits per heavy atom. The molecule has 0 aliphatic carbocycles. The van der Waals surface area contributed by atoms with Gasteiger partial charge in [-0.15, -0.1) is 0 Å². The van der Waals surface area contributed by atoms with E-state index in [9.17, 15) is 18.4 Å². The first-order valence-corrected chi connectivity index (χ1v) is 6.72. The van der Waals surface area contributed by atoms with E-state index in [0.29, 0.717) is 13.1 Å². The van der Waals surface area contributed by atoms with E-state index in [0.717, 1.165) is 5.56 Å². The lowest BCUT2D eigenvalue weighted by atomic mass is 10.1. The second-order valence-corrected chi connectivity index (χ2v) is 5.01. The highest BCUT2D eigenvalue weighted by molar-refractivity contribution is 8.00. The summed E-state index contributed by atoms with van der Waals surface area (Å²) in [5, 5.41) is 9.19. The molecule has 0 amide bonds. The lowest BCUT2D eigenvalue weighted by Crippen LogP contribution is -2.27. The summed E-state index contributed by atoms with van der Waals surface area (Å²) in [4.78, 5) is 2.08. The molecule has 104 valence electrons. The molecule has 0 bridgehead atoms. The second kappa shape index (κ2) is 6.83. The summed E-state index contributed by atoms with van der Waals surface area (Å²) in [6.07, 6.45) is 0. The second-order valence-electron chi connectivity index (χ2n) is 3.87. The summed E-state index contributed by atoms with van der Waals surface area (Å²) >= 11 is -0.148. The minimum absolute atomic E-state index is 0.132. The van der Waals surface area contributed by atoms with Gasteiger partial charge in [0.2, 0.25) is 0 Å². The van der Waals surface area contributed by atoms with Gasteiger partial charge in [-0.2, -0.15) is 18.4 Å². The van der Waals surface area contributed by atoms with Crippen LogP contribution in [0.15, 0.2) is 29.2 Å². The third-order valence-corrected chi connectivity index (χ3v) is 3.47. The van der Waals surface area contributed by atoms with E-state index >= 15 is 0 Å². The zero-order valence-corrected chi connectivity index (χ0v) is 11.6. The van der Waals surface area contributed by atoms with Crippen LogP contribution in [0.25, 0.3) is 0 Å². The van der Waals surface area contributed by atoms with Crippen LogP contribution in [-0.4, -0.2) is 23.5 Å². The molecule has 0 spiro atoms. The van der Waals surface area contributed by atoms with E-state index in [-0.39, 0.29) is 16.7 Å². The third kappa shape index (κ3) is 4.77. The lowest BCUT2D eigenvalue weighted by Gasteiger charge is -2.24. The summed E-state index contributed by atoms with van der Waals surface area (Å²) < 4.78 is 36.6. The largest absolute Gasteiger partial charge is 0.446 e. The number of halogens is 3. The maximum Gasteiger partial charge on any atom is 0.446 e. The normalized spacial score (nSPS) is 13.3. The fourth-order valence-electron chi connectivity index (χ4n) is 1.81. The monoisotopic (exact) mass is 288 g/mol. The van der Waals surface area contributed by atoms with Gasteiger partial charge in [0.1, 0.15) is 6.04 Å². The average Bonchev–Trinajstić information content (AvgIpc) is 2.35. The molecule has 0 aliphatic rings. The van der Waals surface area contributed by atoms with Crippen LogP contribution < -0.4 is 0 Å². The SMILES string of the molecule is CCN(CC)C(C#N)c1ccc(SC(F)(F)F)cc1. The van der Waals surface area contributed by atoms with Crippen molar-refractivity contribution in [2.75, 3.05) is 13.1 Å². The standard InChI is InChI=1S/C13H15F3N2S/c1-3-18(4-2)12(9-17)10-5-7-11(8-6-10)19-13(14,15)16/h5-8,12H,3-4H2,1-2H3. The predicted octanol–water partition coefficient (Wildman–Crippen LogP) is 4.20. The van der Waals surface area contributed by atoms with E-state index in [1.54, 1.807) is 12.1 Å². The first-order valence-electron chi connectivity index (χ1n) is 5.90. The van der Waals surface area contributed by atoms with Crippen LogP contribution in [0.1, 0.15) is 25.5 Å². The van der Waals surface area contributed by atoms with Crippen LogP contribution in [0.2, 0.25) is 0 Å². The van der Waals surface area contributed by atoms with Crippen LogP contribution in [-0.2, 0) is 0 Å². The Morgan fingerprint density at radius 1 is 1.21 bits per heavy atom. The van der Waals surface area contributed by atoms with Crippen LogP contribution in [0, 0.1) is 11.3 Å². The van der Waals surface area contributed by atoms with Gasteiger partial charge in [-0.1, -0.05) is 26.0 Å². The molecule has 0 aromatic heterocycles. The minimum atomic E-state index is -4.28. The molecule has 0 heterocycles. The van der Waals surface area contributed by atoms with Gasteiger partial charge in [-0.25, -0.2) is 0 Å². The average molecular weight is 288 g/mol. The van der Waals surface area contributed by atoms with Gasteiger partial charge in [0.15, 0.2) is 0 Å². The van der Waals surface area contributed by atoms with Crippen molar-refractivity contribution in [3.63, 3.8) is 0 Å². The number of thioether (sulfide) groups is 1. The summed E-state index contributed by atoms with van der Waals surface area (Å²) in [7, 11) is 0. The molecule has 0 aliphatic heterocycles. The van der Waals surface area contributed by atoms with Crippen molar-refractivity contribution in [3.05, 3.63) is 29.8 Å². The van der Waals surface area contributed by atoms with Gasteiger partial charge in [-0.05, 0) is 42.5 Å². The Hall–Kier alpha value is -1.19. The van der Waals surface area contributed by atoms with Crippen LogP contribution in [0.5, 0.6) is 0 Å². The summed E-state index contributed by atoms with van der Waals surface area (Å²) in [6, 6.07) is 7.74. The number of rotatable bonds is 5. The fraction of sp³-hybridized carbons (Fsp3) is 0.462. The molecule has 19 heavy (non-hydrogen) atoms. The highest BCUT2D eigenvalue weighted by Gasteiger charge is 2.29. The Morgan fingerprint density at radius 2 is 1.74 bits per heavy atom. The van der Waals surface area contributed by atoms with Crippen LogP contribution in [0.3, 0.4) is 0 Å². The van der Waals surface area contributed by atoms with Crippen molar-refractivity contribution < 1.29 is 13.2 Å². The lowest BCUT2D eigenvalue weighted by molar-refractivity contribution is -0.0328. The molecule has 0 radical (unpaired) electrons. The minimum Gasteiger partial charge on any atom is -0.285 e. The quantitative estimate of drug-likeness (QED) is 0.760. The van der Waals surface area contributed by atoms with Gasteiger partial charge < -0.3 is 0 Å². The van der Waals surface area contributed by atoms with Crippen molar-refractivity contribution in [2.45, 2.75) is 30.3 Å². The molecule has 1 rings (SSSR count). The molecule has 1 aromatic carbocycles. The molecular weight excluding hydrogens is 273 g/mol. The zero-order valence-electron chi connectivity index (χ0n) is 10.7. The van der Waals surface area contributed by atoms with Gasteiger partial charge in [-0.3, -0.25) is 4.90 Å². The van der Waals surface area contributed by atoms with Gasteiger partial charge in [0.25, 0.3) is 0 Å². The van der Waals surface area contributed by atoms with Crippen molar-refractivity contribution in [2.24, 2.45) is 0 Å². The number of alkyl halides is 3. The van der Waals surface area contributed by atoms with Crippen molar-refractivity contribution in [1.82, 2.24) is 4.90 Å². The van der Waals surface area contributed by atoms with Crippen LogP contribution >= 0.6 is 11.8 Å². The first-order chi connectivity index (χ1) is 8.91. The number of benzene rings is 1. The molecule has 0 saturated carbocycles. The summed E-state index contributed by atoms with van der Waals surface area (Å²) in [6.45, 7) is 5.32. The highest BCUT2D eigenvalue weighted by Crippen LogP contribution is 2.37. The van der Waals surface area contributed by atoms with E-state index < -0.39 is 11.6 Å². The molecule has 1 unspecified atom stereocenters. The van der Waals surface area contributed by atoms with Crippen molar-refractivity contribution >= 4 is 11.8 Å². The highest BCUT2D eigenvalue weighted by atomic mass is 32.2. The molecule has 0 N–H and O–H groups in total. The third-order valence-electron chi connectivity index (χ3n) is 2.73. The molecule has 2 nitrogen and oxygen atoms in total. The Bertz CT molecular complexity index is 433. The van der Waals surface area contributed by atoms with Crippen LogP contribution in [0.4, 0.5) is 13.2 Å². The molecular formula is C13H15F3N2S. The van der Waals surface area contributed by atoms with Gasteiger partial charge >= 0.3 is 5.51 Å². The molecule has 0 saturated heterocycles. The van der Waals surface area contributed by atoms with E-state index in [2.05, 4.69) is 6.07 Å². The smallest absolute Gasteiger partial charge is 0.285 e. The molecule has 6 heteroatoms. The van der Waals surface area contributed by atoms with Crippen molar-refractivity contribution in [1.29, 1.82) is 5.26 Å². The molecule has 1 atom stereocenters. The zero-order chi connectivity index (χ0) is 14.5. The number of hydrogen-bond acceptors (Lipinski definition) is 3. The van der Waals surface area contributed by atoms with Gasteiger partial charge in [0, 0.05) is 4.90 Å².